The molecule has 1 aliphatic rings. The van der Waals surface area contributed by atoms with Crippen LogP contribution in [0.1, 0.15) is 59.3 Å². The molecule has 0 saturated carbocycles. The number of hydrogen-bond acceptors (Lipinski definition) is 2. The Balaban J connectivity index is 1.78. The maximum atomic E-state index is 12.3. The molecule has 0 spiro atoms. The van der Waals surface area contributed by atoms with Crippen molar-refractivity contribution in [1.82, 2.24) is 10.3 Å². The summed E-state index contributed by atoms with van der Waals surface area (Å²) in [5, 5.41) is 3.13. The van der Waals surface area contributed by atoms with Gasteiger partial charge in [0.1, 0.15) is 0 Å². The van der Waals surface area contributed by atoms with Gasteiger partial charge in [-0.05, 0) is 60.9 Å². The van der Waals surface area contributed by atoms with E-state index in [1.54, 1.807) is 24.5 Å². The molecule has 0 bridgehead atoms. The first kappa shape index (κ1) is 14.8. The first-order valence-electron chi connectivity index (χ1n) is 8.10. The van der Waals surface area contributed by atoms with E-state index in [4.69, 9.17) is 0 Å². The molecule has 0 saturated heterocycles. The zero-order valence-electron chi connectivity index (χ0n) is 13.0. The molecular formula is C19H22N2O. The van der Waals surface area contributed by atoms with Crippen LogP contribution in [0.15, 0.2) is 42.7 Å². The summed E-state index contributed by atoms with van der Waals surface area (Å²) in [6, 6.07) is 10.3. The van der Waals surface area contributed by atoms with Crippen LogP contribution < -0.4 is 5.32 Å². The van der Waals surface area contributed by atoms with Crippen molar-refractivity contribution in [2.24, 2.45) is 0 Å². The summed E-state index contributed by atoms with van der Waals surface area (Å²) in [6.07, 6.45) is 9.08. The predicted octanol–water partition coefficient (Wildman–Crippen LogP) is 3.84. The van der Waals surface area contributed by atoms with E-state index in [2.05, 4.69) is 35.4 Å². The van der Waals surface area contributed by atoms with Gasteiger partial charge in [-0.3, -0.25) is 9.78 Å². The fraction of sp³-hybridized carbons (Fsp3) is 0.368. The Bertz CT molecular complexity index is 652. The lowest BCUT2D eigenvalue weighted by Gasteiger charge is -2.21. The molecule has 2 aromatic rings. The summed E-state index contributed by atoms with van der Waals surface area (Å²) in [5.74, 6) is -0.0577. The number of nitrogens with one attached hydrogen (secondary N) is 1. The number of carbonyl (C=O) groups is 1. The molecule has 0 radical (unpaired) electrons. The van der Waals surface area contributed by atoms with Gasteiger partial charge in [0.2, 0.25) is 0 Å². The maximum absolute atomic E-state index is 12.3. The number of aryl methyl sites for hydroxylation is 2. The minimum atomic E-state index is -0.0577. The predicted molar refractivity (Wildman–Crippen MR) is 87.8 cm³/mol. The molecule has 1 amide bonds. The fourth-order valence-electron chi connectivity index (χ4n) is 3.13. The van der Waals surface area contributed by atoms with E-state index >= 15 is 0 Å². The van der Waals surface area contributed by atoms with E-state index in [0.29, 0.717) is 5.56 Å². The van der Waals surface area contributed by atoms with Crippen LogP contribution in [0.25, 0.3) is 0 Å². The van der Waals surface area contributed by atoms with Gasteiger partial charge >= 0.3 is 0 Å². The van der Waals surface area contributed by atoms with Crippen molar-refractivity contribution in [3.8, 4) is 0 Å². The molecule has 0 aliphatic heterocycles. The summed E-state index contributed by atoms with van der Waals surface area (Å²) in [4.78, 5) is 16.3. The summed E-state index contributed by atoms with van der Waals surface area (Å²) in [5.41, 5.74) is 4.75. The lowest BCUT2D eigenvalue weighted by Crippen LogP contribution is -2.28. The van der Waals surface area contributed by atoms with Gasteiger partial charge in [-0.2, -0.15) is 0 Å². The quantitative estimate of drug-likeness (QED) is 0.931. The topological polar surface area (TPSA) is 42.0 Å². The normalized spacial score (nSPS) is 15.0. The van der Waals surface area contributed by atoms with Gasteiger partial charge in [-0.25, -0.2) is 0 Å². The van der Waals surface area contributed by atoms with Crippen LogP contribution in [0.3, 0.4) is 0 Å². The summed E-state index contributed by atoms with van der Waals surface area (Å²) >= 11 is 0. The lowest BCUT2D eigenvalue weighted by atomic mass is 9.89. The van der Waals surface area contributed by atoms with Crippen LogP contribution in [0.2, 0.25) is 0 Å². The molecule has 1 N–H and O–H groups in total. The van der Waals surface area contributed by atoms with Crippen molar-refractivity contribution in [2.45, 2.75) is 45.1 Å². The van der Waals surface area contributed by atoms with Crippen LogP contribution >= 0.6 is 0 Å². The molecule has 114 valence electrons. The van der Waals surface area contributed by atoms with E-state index < -0.39 is 0 Å². The Hall–Kier alpha value is -2.16. The Morgan fingerprint density at radius 2 is 2.05 bits per heavy atom. The number of rotatable bonds is 4. The van der Waals surface area contributed by atoms with Gasteiger partial charge in [0, 0.05) is 12.4 Å². The first-order valence-corrected chi connectivity index (χ1v) is 8.10. The number of amides is 1. The van der Waals surface area contributed by atoms with Gasteiger partial charge in [-0.15, -0.1) is 0 Å². The molecule has 3 rings (SSSR count). The second-order valence-electron chi connectivity index (χ2n) is 5.91. The molecule has 0 fully saturated rings. The Morgan fingerprint density at radius 3 is 2.77 bits per heavy atom. The monoisotopic (exact) mass is 294 g/mol. The van der Waals surface area contributed by atoms with E-state index in [1.165, 1.54) is 36.0 Å². The zero-order chi connectivity index (χ0) is 15.4. The minimum Gasteiger partial charge on any atom is -0.345 e. The SMILES string of the molecule is CC[C@H](NC(=O)c1cccnc1)c1ccc2c(c1)CCCC2. The fourth-order valence-corrected chi connectivity index (χ4v) is 3.13. The highest BCUT2D eigenvalue weighted by atomic mass is 16.1. The average molecular weight is 294 g/mol. The van der Waals surface area contributed by atoms with Crippen molar-refractivity contribution >= 4 is 5.91 Å². The van der Waals surface area contributed by atoms with Crippen molar-refractivity contribution in [2.75, 3.05) is 0 Å². The first-order chi connectivity index (χ1) is 10.8. The third kappa shape index (κ3) is 3.19. The highest BCUT2D eigenvalue weighted by Crippen LogP contribution is 2.26. The van der Waals surface area contributed by atoms with Crippen LogP contribution in [0.4, 0.5) is 0 Å². The summed E-state index contributed by atoms with van der Waals surface area (Å²) < 4.78 is 0. The molecule has 3 nitrogen and oxygen atoms in total. The zero-order valence-corrected chi connectivity index (χ0v) is 13.0. The molecule has 1 heterocycles. The number of nitrogens with zero attached hydrogens (tertiary/aromatic N) is 1. The van der Waals surface area contributed by atoms with Gasteiger partial charge in [0.05, 0.1) is 11.6 Å². The minimum absolute atomic E-state index is 0.0555. The van der Waals surface area contributed by atoms with Gasteiger partial charge < -0.3 is 5.32 Å². The van der Waals surface area contributed by atoms with E-state index in [0.717, 1.165) is 12.8 Å². The molecule has 22 heavy (non-hydrogen) atoms. The van der Waals surface area contributed by atoms with Gasteiger partial charge in [0.25, 0.3) is 5.91 Å². The number of aromatic nitrogens is 1. The van der Waals surface area contributed by atoms with Crippen molar-refractivity contribution in [3.05, 3.63) is 65.0 Å². The average Bonchev–Trinajstić information content (AvgIpc) is 2.59. The maximum Gasteiger partial charge on any atom is 0.253 e. The second-order valence-corrected chi connectivity index (χ2v) is 5.91. The number of carbonyl (C=O) groups excluding carboxylic acids is 1. The van der Waals surface area contributed by atoms with Crippen LogP contribution in [-0.2, 0) is 12.8 Å². The van der Waals surface area contributed by atoms with Crippen molar-refractivity contribution in [3.63, 3.8) is 0 Å². The smallest absolute Gasteiger partial charge is 0.253 e. The van der Waals surface area contributed by atoms with Gasteiger partial charge in [-0.1, -0.05) is 25.1 Å². The molecule has 1 aliphatic carbocycles. The third-order valence-corrected chi connectivity index (χ3v) is 4.41. The number of fused-ring (bicyclic) bond motifs is 1. The van der Waals surface area contributed by atoms with E-state index in [1.807, 2.05) is 0 Å². The number of hydrogen-bond donors (Lipinski definition) is 1. The molecule has 0 unspecified atom stereocenters. The molecule has 1 aromatic heterocycles. The van der Waals surface area contributed by atoms with Gasteiger partial charge in [0.15, 0.2) is 0 Å². The number of pyridine rings is 1. The molecule has 1 aromatic carbocycles. The standard InChI is InChI=1S/C19H22N2O/c1-2-18(21-19(22)17-8-5-11-20-13-17)16-10-9-14-6-3-4-7-15(14)12-16/h5,8-13,18H,2-4,6-7H2,1H3,(H,21,22)/t18-/m0/s1. The van der Waals surface area contributed by atoms with Crippen molar-refractivity contribution in [1.29, 1.82) is 0 Å². The van der Waals surface area contributed by atoms with E-state index in [-0.39, 0.29) is 11.9 Å². The molecule has 3 heteroatoms. The lowest BCUT2D eigenvalue weighted by molar-refractivity contribution is 0.0935. The number of benzene rings is 1. The highest BCUT2D eigenvalue weighted by molar-refractivity contribution is 5.94. The van der Waals surface area contributed by atoms with Crippen LogP contribution in [0, 0.1) is 0 Å². The Labute approximate surface area is 131 Å². The van der Waals surface area contributed by atoms with Crippen LogP contribution in [-0.4, -0.2) is 10.9 Å². The summed E-state index contributed by atoms with van der Waals surface area (Å²) in [6.45, 7) is 2.10. The molecular weight excluding hydrogens is 272 g/mol. The Morgan fingerprint density at radius 1 is 1.23 bits per heavy atom. The second kappa shape index (κ2) is 6.73. The molecule has 1 atom stereocenters. The van der Waals surface area contributed by atoms with E-state index in [9.17, 15) is 4.79 Å². The third-order valence-electron chi connectivity index (χ3n) is 4.41. The van der Waals surface area contributed by atoms with Crippen LogP contribution in [0.5, 0.6) is 0 Å². The highest BCUT2D eigenvalue weighted by Gasteiger charge is 2.16. The van der Waals surface area contributed by atoms with Crippen molar-refractivity contribution < 1.29 is 4.79 Å². The Kier molecular flexibility index (Phi) is 4.52. The summed E-state index contributed by atoms with van der Waals surface area (Å²) in [7, 11) is 0. The largest absolute Gasteiger partial charge is 0.345 e.